The van der Waals surface area contributed by atoms with Gasteiger partial charge in [-0.2, -0.15) is 0 Å². The number of nitrogens with one attached hydrogen (secondary N) is 2. The van der Waals surface area contributed by atoms with E-state index in [1.165, 1.54) is 19.3 Å². The molecule has 6 heteroatoms. The van der Waals surface area contributed by atoms with Gasteiger partial charge in [-0.25, -0.2) is 13.1 Å². The molecule has 0 bridgehead atoms. The summed E-state index contributed by atoms with van der Waals surface area (Å²) in [4.78, 5) is 2.37. The van der Waals surface area contributed by atoms with E-state index < -0.39 is 10.0 Å². The van der Waals surface area contributed by atoms with Crippen molar-refractivity contribution in [2.24, 2.45) is 5.92 Å². The molecular weight excluding hydrogens is 274 g/mol. The molecule has 2 unspecified atom stereocenters. The van der Waals surface area contributed by atoms with Crippen LogP contribution in [0.2, 0.25) is 0 Å². The summed E-state index contributed by atoms with van der Waals surface area (Å²) >= 11 is 0. The molecule has 0 aromatic carbocycles. The van der Waals surface area contributed by atoms with Crippen LogP contribution in [0.15, 0.2) is 0 Å². The van der Waals surface area contributed by atoms with Crippen LogP contribution in [0.3, 0.4) is 0 Å². The number of rotatable bonds is 6. The lowest BCUT2D eigenvalue weighted by Gasteiger charge is -2.29. The van der Waals surface area contributed by atoms with Gasteiger partial charge in [-0.3, -0.25) is 0 Å². The first kappa shape index (κ1) is 16.2. The second-order valence-electron chi connectivity index (χ2n) is 6.37. The van der Waals surface area contributed by atoms with Crippen molar-refractivity contribution in [1.29, 1.82) is 0 Å². The molecular formula is C14H29N3O2S. The lowest BCUT2D eigenvalue weighted by Crippen LogP contribution is -2.46. The van der Waals surface area contributed by atoms with Crippen LogP contribution in [-0.4, -0.2) is 57.8 Å². The van der Waals surface area contributed by atoms with Crippen molar-refractivity contribution in [1.82, 2.24) is 14.9 Å². The fraction of sp³-hybridized carbons (Fsp3) is 1.00. The maximum Gasteiger partial charge on any atom is 0.212 e. The van der Waals surface area contributed by atoms with Gasteiger partial charge in [-0.05, 0) is 64.7 Å². The summed E-state index contributed by atoms with van der Waals surface area (Å²) in [5.74, 6) is 0.535. The number of piperidine rings is 2. The predicted octanol–water partition coefficient (Wildman–Crippen LogP) is 0.780. The molecule has 0 amide bonds. The van der Waals surface area contributed by atoms with Crippen molar-refractivity contribution in [2.75, 3.05) is 38.5 Å². The Morgan fingerprint density at radius 2 is 2.00 bits per heavy atom. The molecule has 0 aromatic rings. The Morgan fingerprint density at radius 3 is 2.65 bits per heavy atom. The van der Waals surface area contributed by atoms with Gasteiger partial charge in [0, 0.05) is 12.6 Å². The molecule has 0 aromatic heterocycles. The molecule has 0 aliphatic carbocycles. The minimum Gasteiger partial charge on any atom is -0.316 e. The first-order valence-electron chi connectivity index (χ1n) is 7.98. The van der Waals surface area contributed by atoms with E-state index in [1.807, 2.05) is 6.92 Å². The van der Waals surface area contributed by atoms with Gasteiger partial charge in [0.15, 0.2) is 0 Å². The van der Waals surface area contributed by atoms with Crippen molar-refractivity contribution in [3.8, 4) is 0 Å². The van der Waals surface area contributed by atoms with Crippen molar-refractivity contribution >= 4 is 10.0 Å². The Balaban J connectivity index is 1.74. The SMILES string of the molecule is CC(CN1CCCCC1)NS(=O)(=O)CC1CCCNC1. The van der Waals surface area contributed by atoms with Crippen molar-refractivity contribution in [2.45, 2.75) is 45.1 Å². The van der Waals surface area contributed by atoms with Gasteiger partial charge in [0.2, 0.25) is 10.0 Å². The molecule has 0 saturated carbocycles. The second-order valence-corrected chi connectivity index (χ2v) is 8.17. The monoisotopic (exact) mass is 303 g/mol. The molecule has 20 heavy (non-hydrogen) atoms. The van der Waals surface area contributed by atoms with Crippen LogP contribution >= 0.6 is 0 Å². The summed E-state index contributed by atoms with van der Waals surface area (Å²) in [6.07, 6.45) is 5.91. The summed E-state index contributed by atoms with van der Waals surface area (Å²) in [6.45, 7) is 6.89. The Bertz CT molecular complexity index is 374. The van der Waals surface area contributed by atoms with Gasteiger partial charge in [-0.1, -0.05) is 6.42 Å². The van der Waals surface area contributed by atoms with Crippen molar-refractivity contribution in [3.63, 3.8) is 0 Å². The maximum absolute atomic E-state index is 12.2. The van der Waals surface area contributed by atoms with Crippen LogP contribution in [0.5, 0.6) is 0 Å². The molecule has 2 aliphatic rings. The maximum atomic E-state index is 12.2. The van der Waals surface area contributed by atoms with Gasteiger partial charge < -0.3 is 10.2 Å². The zero-order valence-corrected chi connectivity index (χ0v) is 13.4. The average Bonchev–Trinajstić information content (AvgIpc) is 2.39. The highest BCUT2D eigenvalue weighted by molar-refractivity contribution is 7.89. The molecule has 2 atom stereocenters. The minimum atomic E-state index is -3.15. The number of nitrogens with zero attached hydrogens (tertiary/aromatic N) is 1. The average molecular weight is 303 g/mol. The van der Waals surface area contributed by atoms with E-state index in [-0.39, 0.29) is 17.7 Å². The van der Waals surface area contributed by atoms with Crippen LogP contribution in [-0.2, 0) is 10.0 Å². The van der Waals surface area contributed by atoms with E-state index >= 15 is 0 Å². The van der Waals surface area contributed by atoms with Gasteiger partial charge in [0.05, 0.1) is 5.75 Å². The van der Waals surface area contributed by atoms with Gasteiger partial charge in [-0.15, -0.1) is 0 Å². The topological polar surface area (TPSA) is 61.4 Å². The summed E-state index contributed by atoms with van der Waals surface area (Å²) in [6, 6.07) is 0.00893. The highest BCUT2D eigenvalue weighted by Gasteiger charge is 2.23. The van der Waals surface area contributed by atoms with E-state index in [9.17, 15) is 8.42 Å². The summed E-state index contributed by atoms with van der Waals surface area (Å²) in [5, 5.41) is 3.28. The quantitative estimate of drug-likeness (QED) is 0.761. The lowest BCUT2D eigenvalue weighted by molar-refractivity contribution is 0.215. The summed E-state index contributed by atoms with van der Waals surface area (Å²) < 4.78 is 27.2. The van der Waals surface area contributed by atoms with Crippen molar-refractivity contribution < 1.29 is 8.42 Å². The number of hydrogen-bond acceptors (Lipinski definition) is 4. The third kappa shape index (κ3) is 5.68. The molecule has 2 saturated heterocycles. The molecule has 118 valence electrons. The molecule has 0 spiro atoms. The fourth-order valence-electron chi connectivity index (χ4n) is 3.30. The summed E-state index contributed by atoms with van der Waals surface area (Å²) in [7, 11) is -3.15. The van der Waals surface area contributed by atoms with E-state index in [1.54, 1.807) is 0 Å². The van der Waals surface area contributed by atoms with E-state index in [4.69, 9.17) is 0 Å². The standard InChI is InChI=1S/C14H29N3O2S/c1-13(11-17-8-3-2-4-9-17)16-20(18,19)12-14-6-5-7-15-10-14/h13-16H,2-12H2,1H3. The molecule has 2 rings (SSSR count). The van der Waals surface area contributed by atoms with E-state index in [0.717, 1.165) is 45.6 Å². The Labute approximate surface area is 123 Å². The molecule has 2 N–H and O–H groups in total. The third-order valence-corrected chi connectivity index (χ3v) is 5.89. The Morgan fingerprint density at radius 1 is 1.25 bits per heavy atom. The Hall–Kier alpha value is -0.170. The summed E-state index contributed by atoms with van der Waals surface area (Å²) in [5.41, 5.74) is 0. The second kappa shape index (κ2) is 7.73. The van der Waals surface area contributed by atoms with E-state index in [0.29, 0.717) is 0 Å². The first-order chi connectivity index (χ1) is 9.55. The third-order valence-electron chi connectivity index (χ3n) is 4.22. The van der Waals surface area contributed by atoms with Crippen LogP contribution in [0, 0.1) is 5.92 Å². The fourth-order valence-corrected chi connectivity index (χ4v) is 4.99. The zero-order valence-electron chi connectivity index (χ0n) is 12.6. The van der Waals surface area contributed by atoms with Crippen LogP contribution in [0.1, 0.15) is 39.0 Å². The van der Waals surface area contributed by atoms with Gasteiger partial charge >= 0.3 is 0 Å². The van der Waals surface area contributed by atoms with E-state index in [2.05, 4.69) is 14.9 Å². The van der Waals surface area contributed by atoms with Crippen LogP contribution in [0.4, 0.5) is 0 Å². The molecule has 2 aliphatic heterocycles. The normalized spacial score (nSPS) is 27.4. The Kier molecular flexibility index (Phi) is 6.26. The van der Waals surface area contributed by atoms with Crippen LogP contribution < -0.4 is 10.0 Å². The van der Waals surface area contributed by atoms with Crippen molar-refractivity contribution in [3.05, 3.63) is 0 Å². The lowest BCUT2D eigenvalue weighted by atomic mass is 10.0. The van der Waals surface area contributed by atoms with Gasteiger partial charge in [0.1, 0.15) is 0 Å². The molecule has 2 heterocycles. The van der Waals surface area contributed by atoms with Gasteiger partial charge in [0.25, 0.3) is 0 Å². The van der Waals surface area contributed by atoms with Crippen LogP contribution in [0.25, 0.3) is 0 Å². The molecule has 5 nitrogen and oxygen atoms in total. The minimum absolute atomic E-state index is 0.00893. The number of likely N-dealkylation sites (tertiary alicyclic amines) is 1. The zero-order chi connectivity index (χ0) is 14.4. The predicted molar refractivity (Wildman–Crippen MR) is 82.3 cm³/mol. The smallest absolute Gasteiger partial charge is 0.212 e. The highest BCUT2D eigenvalue weighted by atomic mass is 32.2. The first-order valence-corrected chi connectivity index (χ1v) is 9.63. The number of hydrogen-bond donors (Lipinski definition) is 2. The molecule has 0 radical (unpaired) electrons. The number of sulfonamides is 1. The highest BCUT2D eigenvalue weighted by Crippen LogP contribution is 2.13. The molecule has 2 fully saturated rings. The largest absolute Gasteiger partial charge is 0.316 e.